The highest BCUT2D eigenvalue weighted by Gasteiger charge is 2.18. The third kappa shape index (κ3) is 7.09. The van der Waals surface area contributed by atoms with E-state index in [0.29, 0.717) is 29.9 Å². The number of hydrogen-bond donors (Lipinski definition) is 2. The maximum absolute atomic E-state index is 6.29. The molecule has 1 fully saturated rings. The number of aromatic nitrogens is 2. The van der Waals surface area contributed by atoms with Gasteiger partial charge in [0.1, 0.15) is 16.9 Å². The molecule has 31 heavy (non-hydrogen) atoms. The second kappa shape index (κ2) is 11.9. The molecule has 0 saturated carbocycles. The topological polar surface area (TPSA) is 82.3 Å². The molecule has 1 aliphatic rings. The first kappa shape index (κ1) is 23.3. The number of anilines is 2. The van der Waals surface area contributed by atoms with Crippen LogP contribution in [0, 0.1) is 0 Å². The number of unbranched alkanes of at least 4 members (excludes halogenated alkanes) is 1. The lowest BCUT2D eigenvalue weighted by atomic mass is 10.1. The summed E-state index contributed by atoms with van der Waals surface area (Å²) in [6, 6.07) is 3.60. The number of nitrogens with one attached hydrogen (secondary N) is 1. The predicted octanol–water partition coefficient (Wildman–Crippen LogP) is 6.10. The lowest BCUT2D eigenvalue weighted by Gasteiger charge is -2.23. The number of nitrogens with two attached hydrogens (primary N) is 1. The van der Waals surface area contributed by atoms with E-state index in [1.54, 1.807) is 6.07 Å². The Morgan fingerprint density at radius 1 is 1.35 bits per heavy atom. The van der Waals surface area contributed by atoms with E-state index >= 15 is 0 Å². The monoisotopic (exact) mass is 460 g/mol. The van der Waals surface area contributed by atoms with Crippen molar-refractivity contribution in [2.75, 3.05) is 18.5 Å². The SMILES string of the molecule is C\C=C/C(=C\C(N)=C/CCC)c1csc(Nc2ccc(Cl)c(OC3CCOCC3)n2)n1. The number of thiazole rings is 1. The van der Waals surface area contributed by atoms with Crippen molar-refractivity contribution in [1.82, 2.24) is 9.97 Å². The van der Waals surface area contributed by atoms with Gasteiger partial charge in [-0.3, -0.25) is 0 Å². The molecule has 0 aliphatic carbocycles. The Hall–Kier alpha value is -2.35. The molecule has 3 N–H and O–H groups in total. The zero-order valence-electron chi connectivity index (χ0n) is 17.9. The average Bonchev–Trinajstić information content (AvgIpc) is 3.23. The van der Waals surface area contributed by atoms with Crippen LogP contribution in [0.15, 0.2) is 47.5 Å². The number of halogens is 1. The molecule has 0 radical (unpaired) electrons. The Bertz CT molecular complexity index is 949. The van der Waals surface area contributed by atoms with E-state index in [1.165, 1.54) is 11.3 Å². The Kier molecular flexibility index (Phi) is 8.94. The lowest BCUT2D eigenvalue weighted by molar-refractivity contribution is 0.0238. The summed E-state index contributed by atoms with van der Waals surface area (Å²) in [6.07, 6.45) is 11.7. The van der Waals surface area contributed by atoms with E-state index < -0.39 is 0 Å². The van der Waals surface area contributed by atoms with Crippen molar-refractivity contribution >= 4 is 39.5 Å². The number of hydrogen-bond acceptors (Lipinski definition) is 7. The van der Waals surface area contributed by atoms with Crippen LogP contribution >= 0.6 is 22.9 Å². The molecule has 0 amide bonds. The van der Waals surface area contributed by atoms with Gasteiger partial charge in [0, 0.05) is 29.5 Å². The number of pyridine rings is 1. The van der Waals surface area contributed by atoms with Gasteiger partial charge >= 0.3 is 0 Å². The molecule has 166 valence electrons. The van der Waals surface area contributed by atoms with Gasteiger partial charge in [-0.25, -0.2) is 4.98 Å². The quantitative estimate of drug-likeness (QED) is 0.440. The Labute approximate surface area is 192 Å². The first-order chi connectivity index (χ1) is 15.1. The molecule has 0 unspecified atom stereocenters. The summed E-state index contributed by atoms with van der Waals surface area (Å²) >= 11 is 7.79. The third-order valence-corrected chi connectivity index (χ3v) is 5.68. The summed E-state index contributed by atoms with van der Waals surface area (Å²) in [5.74, 6) is 1.06. The summed E-state index contributed by atoms with van der Waals surface area (Å²) in [5.41, 5.74) is 8.69. The van der Waals surface area contributed by atoms with Gasteiger partial charge in [-0.05, 0) is 31.6 Å². The minimum absolute atomic E-state index is 0.0696. The fourth-order valence-electron chi connectivity index (χ4n) is 3.04. The standard InChI is InChI=1S/C23H29ClN4O2S/c1-3-5-7-17(25)14-16(6-4-2)20-15-31-23(26-20)28-21-9-8-19(24)22(27-21)30-18-10-12-29-13-11-18/h4,6-9,14-15,18H,3,5,10-13,25H2,1-2H3,(H,26,27,28)/b6-4-,16-14+,17-7+. The number of allylic oxidation sites excluding steroid dienone is 5. The number of rotatable bonds is 9. The average molecular weight is 461 g/mol. The first-order valence-corrected chi connectivity index (χ1v) is 11.8. The van der Waals surface area contributed by atoms with Crippen LogP contribution in [0.3, 0.4) is 0 Å². The van der Waals surface area contributed by atoms with Crippen molar-refractivity contribution in [3.05, 3.63) is 58.2 Å². The smallest absolute Gasteiger partial charge is 0.234 e. The van der Waals surface area contributed by atoms with Gasteiger partial charge in [0.05, 0.1) is 18.9 Å². The van der Waals surface area contributed by atoms with Gasteiger partial charge in [0.25, 0.3) is 0 Å². The molecule has 0 spiro atoms. The van der Waals surface area contributed by atoms with E-state index in [9.17, 15) is 0 Å². The van der Waals surface area contributed by atoms with Gasteiger partial charge in [0.2, 0.25) is 5.88 Å². The predicted molar refractivity (Wildman–Crippen MR) is 129 cm³/mol. The van der Waals surface area contributed by atoms with Gasteiger partial charge < -0.3 is 20.5 Å². The van der Waals surface area contributed by atoms with Crippen LogP contribution < -0.4 is 15.8 Å². The maximum atomic E-state index is 6.29. The third-order valence-electron chi connectivity index (χ3n) is 4.63. The van der Waals surface area contributed by atoms with Gasteiger partial charge in [-0.15, -0.1) is 11.3 Å². The first-order valence-electron chi connectivity index (χ1n) is 10.5. The normalized spacial score (nSPS) is 16.1. The lowest BCUT2D eigenvalue weighted by Crippen LogP contribution is -2.26. The molecule has 1 saturated heterocycles. The highest BCUT2D eigenvalue weighted by atomic mass is 35.5. The van der Waals surface area contributed by atoms with E-state index in [2.05, 4.69) is 17.2 Å². The largest absolute Gasteiger partial charge is 0.473 e. The van der Waals surface area contributed by atoms with Crippen LogP contribution in [0.2, 0.25) is 5.02 Å². The highest BCUT2D eigenvalue weighted by Crippen LogP contribution is 2.30. The maximum Gasteiger partial charge on any atom is 0.234 e. The van der Waals surface area contributed by atoms with Crippen molar-refractivity contribution in [3.63, 3.8) is 0 Å². The molecule has 1 aliphatic heterocycles. The Morgan fingerprint density at radius 3 is 2.90 bits per heavy atom. The highest BCUT2D eigenvalue weighted by molar-refractivity contribution is 7.13. The van der Waals surface area contributed by atoms with Gasteiger partial charge in [-0.2, -0.15) is 4.98 Å². The Balaban J connectivity index is 1.73. The summed E-state index contributed by atoms with van der Waals surface area (Å²) in [6.45, 7) is 5.50. The molecule has 3 heterocycles. The minimum Gasteiger partial charge on any atom is -0.473 e. The van der Waals surface area contributed by atoms with Crippen LogP contribution in [0.25, 0.3) is 5.57 Å². The van der Waals surface area contributed by atoms with E-state index in [1.807, 2.05) is 42.7 Å². The van der Waals surface area contributed by atoms with Crippen molar-refractivity contribution in [3.8, 4) is 5.88 Å². The molecular formula is C23H29ClN4O2S. The zero-order chi connectivity index (χ0) is 22.1. The minimum atomic E-state index is 0.0696. The van der Waals surface area contributed by atoms with E-state index in [0.717, 1.165) is 47.8 Å². The Morgan fingerprint density at radius 2 is 2.16 bits per heavy atom. The van der Waals surface area contributed by atoms with Crippen molar-refractivity contribution < 1.29 is 9.47 Å². The molecular weight excluding hydrogens is 432 g/mol. The zero-order valence-corrected chi connectivity index (χ0v) is 19.5. The molecule has 3 rings (SSSR count). The van der Waals surface area contributed by atoms with Crippen molar-refractivity contribution in [2.45, 2.75) is 45.6 Å². The summed E-state index contributed by atoms with van der Waals surface area (Å²) in [5, 5.41) is 6.47. The summed E-state index contributed by atoms with van der Waals surface area (Å²) in [4.78, 5) is 9.24. The van der Waals surface area contributed by atoms with Crippen LogP contribution in [0.4, 0.5) is 10.9 Å². The number of ether oxygens (including phenoxy) is 2. The van der Waals surface area contributed by atoms with E-state index in [4.69, 9.17) is 31.8 Å². The van der Waals surface area contributed by atoms with Gasteiger partial charge in [-0.1, -0.05) is 43.2 Å². The fourth-order valence-corrected chi connectivity index (χ4v) is 3.91. The molecule has 0 atom stereocenters. The van der Waals surface area contributed by atoms with Crippen LogP contribution in [0.5, 0.6) is 5.88 Å². The van der Waals surface area contributed by atoms with Crippen LogP contribution in [-0.4, -0.2) is 29.3 Å². The van der Waals surface area contributed by atoms with Crippen LogP contribution in [0.1, 0.15) is 45.2 Å². The second-order valence-corrected chi connectivity index (χ2v) is 8.43. The van der Waals surface area contributed by atoms with E-state index in [-0.39, 0.29) is 6.10 Å². The van der Waals surface area contributed by atoms with Gasteiger partial charge in [0.15, 0.2) is 5.13 Å². The fraction of sp³-hybridized carbons (Fsp3) is 0.391. The summed E-state index contributed by atoms with van der Waals surface area (Å²) < 4.78 is 11.4. The molecule has 0 aromatic carbocycles. The molecule has 2 aromatic rings. The number of nitrogens with zero attached hydrogens (tertiary/aromatic N) is 2. The van der Waals surface area contributed by atoms with Crippen LogP contribution in [-0.2, 0) is 4.74 Å². The van der Waals surface area contributed by atoms with Crippen molar-refractivity contribution in [2.24, 2.45) is 5.73 Å². The molecule has 6 nitrogen and oxygen atoms in total. The second-order valence-electron chi connectivity index (χ2n) is 7.17. The molecule has 2 aromatic heterocycles. The molecule has 8 heteroatoms. The molecule has 0 bridgehead atoms. The van der Waals surface area contributed by atoms with Crippen molar-refractivity contribution in [1.29, 1.82) is 0 Å². The summed E-state index contributed by atoms with van der Waals surface area (Å²) in [7, 11) is 0.